The summed E-state index contributed by atoms with van der Waals surface area (Å²) in [5.41, 5.74) is 0. The maximum absolute atomic E-state index is 9.00. The highest BCUT2D eigenvalue weighted by Crippen LogP contribution is 2.08. The Morgan fingerprint density at radius 3 is 2.00 bits per heavy atom. The lowest BCUT2D eigenvalue weighted by Crippen LogP contribution is -1.78. The van der Waals surface area contributed by atoms with Crippen LogP contribution in [0.4, 0.5) is 0 Å². The van der Waals surface area contributed by atoms with Gasteiger partial charge in [0.1, 0.15) is 0 Å². The summed E-state index contributed by atoms with van der Waals surface area (Å²) in [5.74, 6) is -0.833. The van der Waals surface area contributed by atoms with E-state index in [4.69, 9.17) is 15.0 Å². The second kappa shape index (κ2) is 18.1. The smallest absolute Gasteiger partial charge is 0.300 e. The predicted molar refractivity (Wildman–Crippen MR) is 76.8 cm³/mol. The van der Waals surface area contributed by atoms with Crippen LogP contribution >= 0.6 is 0 Å². The fourth-order valence-electron chi connectivity index (χ4n) is 1.44. The van der Waals surface area contributed by atoms with Crippen LogP contribution in [-0.4, -0.2) is 16.2 Å². The molecule has 0 rings (SSSR count). The van der Waals surface area contributed by atoms with Gasteiger partial charge in [-0.3, -0.25) is 4.79 Å². The van der Waals surface area contributed by atoms with E-state index in [1.807, 2.05) is 6.08 Å². The Morgan fingerprint density at radius 2 is 1.50 bits per heavy atom. The average Bonchev–Trinajstić information content (AvgIpc) is 2.31. The number of carboxylic acids is 1. The van der Waals surface area contributed by atoms with Gasteiger partial charge in [-0.1, -0.05) is 57.6 Å². The van der Waals surface area contributed by atoms with Gasteiger partial charge >= 0.3 is 0 Å². The van der Waals surface area contributed by atoms with Crippen LogP contribution in [0.5, 0.6) is 0 Å². The van der Waals surface area contributed by atoms with Crippen LogP contribution in [0, 0.1) is 0 Å². The van der Waals surface area contributed by atoms with Gasteiger partial charge in [0, 0.05) is 6.92 Å². The molecule has 2 N–H and O–H groups in total. The van der Waals surface area contributed by atoms with Crippen molar-refractivity contribution in [2.24, 2.45) is 0 Å². The van der Waals surface area contributed by atoms with Crippen LogP contribution in [0.1, 0.15) is 65.2 Å². The Labute approximate surface area is 111 Å². The Morgan fingerprint density at radius 1 is 1.00 bits per heavy atom. The molecule has 3 nitrogen and oxygen atoms in total. The molecule has 0 aliphatic carbocycles. The highest BCUT2D eigenvalue weighted by Gasteiger charge is 1.88. The first kappa shape index (κ1) is 19.1. The number of aliphatic carboxylic acids is 1. The molecular weight excluding hydrogens is 228 g/mol. The van der Waals surface area contributed by atoms with Gasteiger partial charge in [-0.05, 0) is 18.9 Å². The van der Waals surface area contributed by atoms with Crippen molar-refractivity contribution in [2.45, 2.75) is 65.2 Å². The fraction of sp³-hybridized carbons (Fsp3) is 0.667. The first-order chi connectivity index (χ1) is 8.65. The fourth-order valence-corrected chi connectivity index (χ4v) is 1.44. The molecule has 0 heterocycles. The van der Waals surface area contributed by atoms with E-state index in [2.05, 4.69) is 13.0 Å². The average molecular weight is 256 g/mol. The third-order valence-corrected chi connectivity index (χ3v) is 2.31. The molecule has 106 valence electrons. The Balaban J connectivity index is 0. The molecule has 0 aromatic heterocycles. The van der Waals surface area contributed by atoms with Crippen LogP contribution in [0.2, 0.25) is 0 Å². The third-order valence-electron chi connectivity index (χ3n) is 2.31. The van der Waals surface area contributed by atoms with Crippen LogP contribution in [-0.2, 0) is 4.79 Å². The molecule has 0 fully saturated rings. The van der Waals surface area contributed by atoms with E-state index in [9.17, 15) is 0 Å². The van der Waals surface area contributed by atoms with Gasteiger partial charge in [-0.15, -0.1) is 0 Å². The molecule has 0 radical (unpaired) electrons. The van der Waals surface area contributed by atoms with Crippen molar-refractivity contribution in [2.75, 3.05) is 0 Å². The third kappa shape index (κ3) is 29.3. The molecule has 0 saturated carbocycles. The van der Waals surface area contributed by atoms with Crippen LogP contribution in [0.3, 0.4) is 0 Å². The van der Waals surface area contributed by atoms with Gasteiger partial charge in [0.25, 0.3) is 5.97 Å². The standard InChI is InChI=1S/C13H24O.C2H4O2/c1-2-3-4-5-6-7-8-9-10-11-12-13-14;1-2(3)4/h10-14H,2-9H2,1H3;1H3,(H,3,4)/b11-10+,13-12?;. The van der Waals surface area contributed by atoms with Crippen molar-refractivity contribution in [3.63, 3.8) is 0 Å². The first-order valence-corrected chi connectivity index (χ1v) is 6.80. The van der Waals surface area contributed by atoms with Crippen LogP contribution in [0.25, 0.3) is 0 Å². The molecule has 0 aromatic carbocycles. The lowest BCUT2D eigenvalue weighted by Gasteiger charge is -1.98. The molecule has 3 heteroatoms. The van der Waals surface area contributed by atoms with E-state index in [0.29, 0.717) is 0 Å². The summed E-state index contributed by atoms with van der Waals surface area (Å²) in [6.07, 6.45) is 17.4. The first-order valence-electron chi connectivity index (χ1n) is 6.80. The molecule has 0 saturated heterocycles. The summed E-state index contributed by atoms with van der Waals surface area (Å²) < 4.78 is 0. The van der Waals surface area contributed by atoms with E-state index in [1.54, 1.807) is 6.08 Å². The topological polar surface area (TPSA) is 57.5 Å². The van der Waals surface area contributed by atoms with Crippen molar-refractivity contribution in [3.05, 3.63) is 24.5 Å². The number of unbranched alkanes of at least 4 members (excludes halogenated alkanes) is 7. The SMILES string of the molecule is CC(=O)O.CCCCCCCCC/C=C/C=CO. The predicted octanol–water partition coefficient (Wildman–Crippen LogP) is 4.85. The Kier molecular flexibility index (Phi) is 19.2. The second-order valence-electron chi connectivity index (χ2n) is 4.20. The summed E-state index contributed by atoms with van der Waals surface area (Å²) >= 11 is 0. The van der Waals surface area contributed by atoms with Gasteiger partial charge in [-0.25, -0.2) is 0 Å². The number of carbonyl (C=O) groups is 1. The van der Waals surface area contributed by atoms with E-state index in [-0.39, 0.29) is 0 Å². The van der Waals surface area contributed by atoms with Gasteiger partial charge in [0.2, 0.25) is 0 Å². The maximum Gasteiger partial charge on any atom is 0.300 e. The molecule has 0 aromatic rings. The summed E-state index contributed by atoms with van der Waals surface area (Å²) in [4.78, 5) is 9.00. The second-order valence-corrected chi connectivity index (χ2v) is 4.20. The minimum absolute atomic E-state index is 0.833. The lowest BCUT2D eigenvalue weighted by molar-refractivity contribution is -0.134. The highest BCUT2D eigenvalue weighted by atomic mass is 16.4. The van der Waals surface area contributed by atoms with E-state index in [1.165, 1.54) is 44.9 Å². The number of rotatable bonds is 9. The summed E-state index contributed by atoms with van der Waals surface area (Å²) in [7, 11) is 0. The van der Waals surface area contributed by atoms with Gasteiger partial charge in [-0.2, -0.15) is 0 Å². The van der Waals surface area contributed by atoms with Gasteiger partial charge in [0.05, 0.1) is 6.26 Å². The van der Waals surface area contributed by atoms with Crippen molar-refractivity contribution >= 4 is 5.97 Å². The van der Waals surface area contributed by atoms with Gasteiger partial charge < -0.3 is 10.2 Å². The largest absolute Gasteiger partial charge is 0.516 e. The summed E-state index contributed by atoms with van der Waals surface area (Å²) in [6.45, 7) is 3.33. The van der Waals surface area contributed by atoms with Gasteiger partial charge in [0.15, 0.2) is 0 Å². The minimum atomic E-state index is -0.833. The van der Waals surface area contributed by atoms with E-state index < -0.39 is 5.97 Å². The zero-order chi connectivity index (χ0) is 14.1. The molecule has 0 amide bonds. The lowest BCUT2D eigenvalue weighted by atomic mass is 10.1. The molecular formula is C15H28O3. The number of carboxylic acid groups (broad SMARTS) is 1. The zero-order valence-electron chi connectivity index (χ0n) is 11.8. The normalized spacial score (nSPS) is 10.6. The molecule has 0 atom stereocenters. The minimum Gasteiger partial charge on any atom is -0.516 e. The van der Waals surface area contributed by atoms with Crippen LogP contribution in [0.15, 0.2) is 24.5 Å². The monoisotopic (exact) mass is 256 g/mol. The maximum atomic E-state index is 9.00. The van der Waals surface area contributed by atoms with Crippen molar-refractivity contribution in [3.8, 4) is 0 Å². The van der Waals surface area contributed by atoms with Crippen LogP contribution < -0.4 is 0 Å². The van der Waals surface area contributed by atoms with Crippen molar-refractivity contribution in [1.29, 1.82) is 0 Å². The molecule has 18 heavy (non-hydrogen) atoms. The molecule has 0 spiro atoms. The quantitative estimate of drug-likeness (QED) is 0.352. The highest BCUT2D eigenvalue weighted by molar-refractivity contribution is 5.62. The molecule has 0 unspecified atom stereocenters. The molecule has 0 aliphatic heterocycles. The number of aliphatic hydroxyl groups is 1. The van der Waals surface area contributed by atoms with Crippen molar-refractivity contribution in [1.82, 2.24) is 0 Å². The zero-order valence-corrected chi connectivity index (χ0v) is 11.8. The Hall–Kier alpha value is -1.25. The van der Waals surface area contributed by atoms with E-state index in [0.717, 1.165) is 19.6 Å². The molecule has 0 bridgehead atoms. The number of allylic oxidation sites excluding steroid dienone is 3. The number of hydrogen-bond donors (Lipinski definition) is 2. The number of aliphatic hydroxyl groups excluding tert-OH is 1. The summed E-state index contributed by atoms with van der Waals surface area (Å²) in [6, 6.07) is 0. The molecule has 0 aliphatic rings. The van der Waals surface area contributed by atoms with E-state index >= 15 is 0 Å². The van der Waals surface area contributed by atoms with Crippen molar-refractivity contribution < 1.29 is 15.0 Å². The Bertz CT molecular complexity index is 216. The summed E-state index contributed by atoms with van der Waals surface area (Å²) in [5, 5.41) is 15.8. The number of hydrogen-bond acceptors (Lipinski definition) is 2.